The first-order valence-electron chi connectivity index (χ1n) is 13.7. The van der Waals surface area contributed by atoms with Crippen molar-refractivity contribution in [2.45, 2.75) is 33.4 Å². The smallest absolute Gasteiger partial charge is 0.350 e. The number of aromatic hydroxyl groups is 1. The molecule has 1 aliphatic heterocycles. The predicted octanol–water partition coefficient (Wildman–Crippen LogP) is 5.86. The summed E-state index contributed by atoms with van der Waals surface area (Å²) < 4.78 is 16.3. The number of aromatic nitrogens is 1. The van der Waals surface area contributed by atoms with E-state index in [1.54, 1.807) is 38.1 Å². The first-order chi connectivity index (χ1) is 21.1. The zero-order valence-electron chi connectivity index (χ0n) is 24.5. The number of benzene rings is 3. The van der Waals surface area contributed by atoms with Crippen LogP contribution in [0.1, 0.15) is 50.6 Å². The Labute approximate surface area is 257 Å². The maximum Gasteiger partial charge on any atom is 0.350 e. The molecule has 1 aliphatic rings. The van der Waals surface area contributed by atoms with Gasteiger partial charge in [-0.3, -0.25) is 14.5 Å². The lowest BCUT2D eigenvalue weighted by Gasteiger charge is -2.23. The quantitative estimate of drug-likeness (QED) is 0.103. The van der Waals surface area contributed by atoms with Gasteiger partial charge in [0.15, 0.2) is 16.6 Å². The van der Waals surface area contributed by atoms with Gasteiger partial charge >= 0.3 is 11.9 Å². The molecule has 1 atom stereocenters. The lowest BCUT2D eigenvalue weighted by atomic mass is 9.95. The van der Waals surface area contributed by atoms with Crippen molar-refractivity contribution in [1.29, 1.82) is 0 Å². The van der Waals surface area contributed by atoms with Gasteiger partial charge in [-0.2, -0.15) is 0 Å². The molecule has 2 N–H and O–H groups in total. The normalized spacial score (nSPS) is 15.8. The Morgan fingerprint density at radius 1 is 1.02 bits per heavy atom. The number of carbonyl (C=O) groups is 3. The molecule has 11 heteroatoms. The zero-order valence-corrected chi connectivity index (χ0v) is 25.3. The Bertz CT molecular complexity index is 1780. The molecule has 0 spiro atoms. The van der Waals surface area contributed by atoms with E-state index in [4.69, 9.17) is 14.2 Å². The summed E-state index contributed by atoms with van der Waals surface area (Å²) in [5, 5.41) is 21.9. The number of hydrogen-bond acceptors (Lipinski definition) is 10. The van der Waals surface area contributed by atoms with Crippen LogP contribution in [0.3, 0.4) is 0 Å². The average Bonchev–Trinajstić information content (AvgIpc) is 3.53. The van der Waals surface area contributed by atoms with Crippen molar-refractivity contribution >= 4 is 39.9 Å². The van der Waals surface area contributed by atoms with E-state index in [1.165, 1.54) is 25.3 Å². The molecule has 0 saturated carbocycles. The maximum absolute atomic E-state index is 13.6. The number of esters is 1. The van der Waals surface area contributed by atoms with Gasteiger partial charge in [0.05, 0.1) is 31.0 Å². The molecule has 2 heterocycles. The highest BCUT2D eigenvalue weighted by atomic mass is 32.1. The molecule has 1 amide bonds. The van der Waals surface area contributed by atoms with Crippen molar-refractivity contribution in [2.75, 3.05) is 18.6 Å². The summed E-state index contributed by atoms with van der Waals surface area (Å²) in [5.74, 6) is -2.37. The third-order valence-electron chi connectivity index (χ3n) is 7.02. The Morgan fingerprint density at radius 2 is 1.77 bits per heavy atom. The number of nitrogens with zero attached hydrogens (tertiary/aromatic N) is 2. The summed E-state index contributed by atoms with van der Waals surface area (Å²) in [5.41, 5.74) is 2.91. The molecular formula is C33H30N2O8S. The Balaban J connectivity index is 1.57. The van der Waals surface area contributed by atoms with Crippen LogP contribution in [0.25, 0.3) is 5.76 Å². The average molecular weight is 615 g/mol. The molecule has 3 aromatic carbocycles. The number of ether oxygens (including phenoxy) is 3. The summed E-state index contributed by atoms with van der Waals surface area (Å²) in [7, 11) is 1.23. The van der Waals surface area contributed by atoms with Crippen molar-refractivity contribution in [2.24, 2.45) is 0 Å². The number of aliphatic hydroxyl groups excluding tert-OH is 1. The highest BCUT2D eigenvalue weighted by Crippen LogP contribution is 2.45. The molecule has 1 saturated heterocycles. The fourth-order valence-corrected chi connectivity index (χ4v) is 5.93. The summed E-state index contributed by atoms with van der Waals surface area (Å²) in [6.45, 7) is 5.94. The molecule has 5 rings (SSSR count). The van der Waals surface area contributed by atoms with E-state index < -0.39 is 29.5 Å². The van der Waals surface area contributed by atoms with Crippen molar-refractivity contribution < 1.29 is 38.8 Å². The topological polar surface area (TPSA) is 135 Å². The molecular weight excluding hydrogens is 584 g/mol. The molecule has 226 valence electrons. The number of amides is 1. The van der Waals surface area contributed by atoms with Crippen LogP contribution < -0.4 is 14.4 Å². The van der Waals surface area contributed by atoms with Crippen molar-refractivity contribution in [3.05, 3.63) is 105 Å². The number of hydrogen-bond donors (Lipinski definition) is 2. The first-order valence-corrected chi connectivity index (χ1v) is 14.6. The van der Waals surface area contributed by atoms with E-state index in [1.807, 2.05) is 31.2 Å². The maximum atomic E-state index is 13.6. The van der Waals surface area contributed by atoms with Crippen LogP contribution in [0.2, 0.25) is 0 Å². The minimum absolute atomic E-state index is 0.0694. The lowest BCUT2D eigenvalue weighted by Crippen LogP contribution is -2.29. The lowest BCUT2D eigenvalue weighted by molar-refractivity contribution is -0.132. The summed E-state index contributed by atoms with van der Waals surface area (Å²) in [6.07, 6.45) is 0. The van der Waals surface area contributed by atoms with Crippen molar-refractivity contribution in [3.8, 4) is 17.2 Å². The number of ketones is 1. The fourth-order valence-electron chi connectivity index (χ4n) is 4.92. The van der Waals surface area contributed by atoms with E-state index in [-0.39, 0.29) is 39.3 Å². The molecule has 1 aromatic heterocycles. The minimum Gasteiger partial charge on any atom is -0.507 e. The van der Waals surface area contributed by atoms with E-state index in [0.717, 1.165) is 27.4 Å². The van der Waals surface area contributed by atoms with E-state index in [0.29, 0.717) is 23.6 Å². The number of Topliss-reactive ketones (excluding diaryl/α,β-unsaturated/α-hetero) is 1. The molecule has 44 heavy (non-hydrogen) atoms. The molecule has 1 fully saturated rings. The molecule has 0 aliphatic carbocycles. The van der Waals surface area contributed by atoms with Gasteiger partial charge in [0.25, 0.3) is 5.78 Å². The van der Waals surface area contributed by atoms with Gasteiger partial charge in [-0.05, 0) is 68.3 Å². The fraction of sp³-hybridized carbons (Fsp3) is 0.212. The monoisotopic (exact) mass is 614 g/mol. The highest BCUT2D eigenvalue weighted by molar-refractivity contribution is 7.17. The Kier molecular flexibility index (Phi) is 8.68. The van der Waals surface area contributed by atoms with Crippen LogP contribution in [0.4, 0.5) is 5.13 Å². The van der Waals surface area contributed by atoms with E-state index in [2.05, 4.69) is 4.98 Å². The first kappa shape index (κ1) is 30.3. The zero-order chi connectivity index (χ0) is 31.5. The van der Waals surface area contributed by atoms with E-state index in [9.17, 15) is 24.6 Å². The number of methoxy groups -OCH3 is 1. The second kappa shape index (κ2) is 12.6. The summed E-state index contributed by atoms with van der Waals surface area (Å²) >= 11 is 0.893. The molecule has 0 bridgehead atoms. The number of thiazole rings is 1. The summed E-state index contributed by atoms with van der Waals surface area (Å²) in [6, 6.07) is 17.7. The van der Waals surface area contributed by atoms with E-state index >= 15 is 0 Å². The van der Waals surface area contributed by atoms with Crippen LogP contribution in [-0.4, -0.2) is 46.6 Å². The number of anilines is 1. The standard InChI is InChI=1S/C33H30N2O8S/c1-5-42-25-16-22(11-14-24(25)36)27-26(29(38)31(39)35(27)33-34-19(3)30(44-33)32(40)41-4)28(37)21-9-12-23(13-10-21)43-17-20-8-6-7-18(2)15-20/h6-16,27,36-37H,5,17H2,1-4H3. The number of aryl methyl sites for hydroxylation is 2. The number of aliphatic hydroxyl groups is 1. The van der Waals surface area contributed by atoms with Gasteiger partial charge in [-0.1, -0.05) is 47.2 Å². The van der Waals surface area contributed by atoms with Crippen LogP contribution in [0.5, 0.6) is 17.2 Å². The molecule has 0 radical (unpaired) electrons. The van der Waals surface area contributed by atoms with Gasteiger partial charge in [0.1, 0.15) is 23.0 Å². The van der Waals surface area contributed by atoms with Crippen LogP contribution in [0.15, 0.2) is 72.3 Å². The highest BCUT2D eigenvalue weighted by Gasteiger charge is 2.48. The van der Waals surface area contributed by atoms with Crippen molar-refractivity contribution in [3.63, 3.8) is 0 Å². The second-order valence-corrected chi connectivity index (χ2v) is 11.0. The largest absolute Gasteiger partial charge is 0.507 e. The third kappa shape index (κ3) is 5.86. The second-order valence-electron chi connectivity index (χ2n) is 10.0. The number of phenolic OH excluding ortho intramolecular Hbond substituents is 1. The van der Waals surface area contributed by atoms with Crippen molar-refractivity contribution in [1.82, 2.24) is 4.98 Å². The van der Waals surface area contributed by atoms with Crippen LogP contribution in [0, 0.1) is 13.8 Å². The Hall–Kier alpha value is -5.16. The minimum atomic E-state index is -1.15. The number of carbonyl (C=O) groups excluding carboxylic acids is 3. The summed E-state index contributed by atoms with van der Waals surface area (Å²) in [4.78, 5) is 45.1. The number of phenols is 1. The molecule has 1 unspecified atom stereocenters. The van der Waals surface area contributed by atoms with Crippen LogP contribution >= 0.6 is 11.3 Å². The predicted molar refractivity (Wildman–Crippen MR) is 164 cm³/mol. The van der Waals surface area contributed by atoms with Gasteiger partial charge in [0.2, 0.25) is 0 Å². The van der Waals surface area contributed by atoms with Gasteiger partial charge in [0, 0.05) is 5.56 Å². The van der Waals surface area contributed by atoms with Gasteiger partial charge < -0.3 is 24.4 Å². The molecule has 4 aromatic rings. The molecule has 10 nitrogen and oxygen atoms in total. The van der Waals surface area contributed by atoms with Gasteiger partial charge in [-0.25, -0.2) is 9.78 Å². The SMILES string of the molecule is CCOc1cc(C2C(=C(O)c3ccc(OCc4cccc(C)c4)cc3)C(=O)C(=O)N2c2nc(C)c(C(=O)OC)s2)ccc1O. The van der Waals surface area contributed by atoms with Gasteiger partial charge in [-0.15, -0.1) is 0 Å². The number of rotatable bonds is 9. The Morgan fingerprint density at radius 3 is 2.45 bits per heavy atom. The van der Waals surface area contributed by atoms with Crippen LogP contribution in [-0.2, 0) is 20.9 Å². The third-order valence-corrected chi connectivity index (χ3v) is 8.16.